The molecule has 0 spiro atoms. The van der Waals surface area contributed by atoms with Crippen LogP contribution in [0, 0.1) is 11.8 Å². The first-order chi connectivity index (χ1) is 6.45. The van der Waals surface area contributed by atoms with Gasteiger partial charge in [-0.15, -0.1) is 0 Å². The van der Waals surface area contributed by atoms with E-state index < -0.39 is 0 Å². The van der Waals surface area contributed by atoms with E-state index in [9.17, 15) is 0 Å². The van der Waals surface area contributed by atoms with Crippen LogP contribution >= 0.6 is 11.8 Å². The van der Waals surface area contributed by atoms with Crippen molar-refractivity contribution in [1.82, 2.24) is 5.32 Å². The Labute approximate surface area is 86.0 Å². The van der Waals surface area contributed by atoms with Gasteiger partial charge >= 0.3 is 0 Å². The Bertz CT molecular complexity index is 121. The fourth-order valence-electron chi connectivity index (χ4n) is 2.58. The lowest BCUT2D eigenvalue weighted by atomic mass is 9.86. The molecule has 0 aromatic rings. The van der Waals surface area contributed by atoms with Crippen LogP contribution in [0.2, 0.25) is 0 Å². The maximum Gasteiger partial charge on any atom is -0.00204 e. The van der Waals surface area contributed by atoms with Crippen LogP contribution < -0.4 is 5.32 Å². The second-order valence-electron chi connectivity index (χ2n) is 4.50. The third-order valence-electron chi connectivity index (χ3n) is 3.41. The van der Waals surface area contributed by atoms with Gasteiger partial charge < -0.3 is 5.32 Å². The van der Waals surface area contributed by atoms with E-state index in [2.05, 4.69) is 17.1 Å². The van der Waals surface area contributed by atoms with Gasteiger partial charge in [0, 0.05) is 0 Å². The molecule has 1 nitrogen and oxygen atoms in total. The molecule has 0 amide bonds. The Morgan fingerprint density at radius 2 is 1.92 bits per heavy atom. The van der Waals surface area contributed by atoms with Gasteiger partial charge in [-0.1, -0.05) is 0 Å². The van der Waals surface area contributed by atoms with Crippen molar-refractivity contribution < 1.29 is 0 Å². The van der Waals surface area contributed by atoms with Crippen molar-refractivity contribution in [2.75, 3.05) is 24.6 Å². The third kappa shape index (κ3) is 3.17. The summed E-state index contributed by atoms with van der Waals surface area (Å²) in [7, 11) is 0. The van der Waals surface area contributed by atoms with E-state index in [1.165, 1.54) is 56.7 Å². The van der Waals surface area contributed by atoms with Gasteiger partial charge in [-0.05, 0) is 68.5 Å². The first-order valence-electron chi connectivity index (χ1n) is 5.73. The van der Waals surface area contributed by atoms with Gasteiger partial charge in [-0.3, -0.25) is 0 Å². The zero-order chi connectivity index (χ0) is 8.93. The van der Waals surface area contributed by atoms with Gasteiger partial charge in [0.05, 0.1) is 0 Å². The van der Waals surface area contributed by atoms with E-state index >= 15 is 0 Å². The molecule has 2 fully saturated rings. The number of piperidine rings is 1. The lowest BCUT2D eigenvalue weighted by Crippen LogP contribution is -2.31. The fraction of sp³-hybridized carbons (Fsp3) is 1.00. The first-order valence-corrected chi connectivity index (χ1v) is 6.89. The van der Waals surface area contributed by atoms with Crippen LogP contribution in [0.3, 0.4) is 0 Å². The summed E-state index contributed by atoms with van der Waals surface area (Å²) in [5.74, 6) is 4.91. The lowest BCUT2D eigenvalue weighted by molar-refractivity contribution is 0.292. The molecular formula is C11H21NS. The molecule has 1 atom stereocenters. The second-order valence-corrected chi connectivity index (χ2v) is 5.73. The zero-order valence-corrected chi connectivity index (χ0v) is 9.24. The van der Waals surface area contributed by atoms with Crippen molar-refractivity contribution in [2.45, 2.75) is 32.1 Å². The van der Waals surface area contributed by atoms with Gasteiger partial charge in [0.25, 0.3) is 0 Å². The first kappa shape index (κ1) is 9.85. The molecule has 2 saturated heterocycles. The highest BCUT2D eigenvalue weighted by atomic mass is 32.2. The SMILES string of the molecule is C1CNCC(CC2CCSCC2)C1. The smallest absolute Gasteiger partial charge is 0.00204 e. The molecule has 76 valence electrons. The van der Waals surface area contributed by atoms with Crippen molar-refractivity contribution in [1.29, 1.82) is 0 Å². The summed E-state index contributed by atoms with van der Waals surface area (Å²) in [4.78, 5) is 0. The predicted octanol–water partition coefficient (Wildman–Crippen LogP) is 2.52. The molecule has 0 bridgehead atoms. The van der Waals surface area contributed by atoms with E-state index in [4.69, 9.17) is 0 Å². The summed E-state index contributed by atoms with van der Waals surface area (Å²) in [5, 5.41) is 3.52. The quantitative estimate of drug-likeness (QED) is 0.733. The Kier molecular flexibility index (Phi) is 3.98. The molecule has 1 unspecified atom stereocenters. The van der Waals surface area contributed by atoms with Crippen molar-refractivity contribution in [2.24, 2.45) is 11.8 Å². The largest absolute Gasteiger partial charge is 0.316 e. The monoisotopic (exact) mass is 199 g/mol. The minimum atomic E-state index is 1.00. The summed E-state index contributed by atoms with van der Waals surface area (Å²) in [6.45, 7) is 2.56. The van der Waals surface area contributed by atoms with Crippen LogP contribution in [-0.2, 0) is 0 Å². The molecule has 0 aliphatic carbocycles. The Hall–Kier alpha value is 0.310. The number of hydrogen-bond donors (Lipinski definition) is 1. The van der Waals surface area contributed by atoms with Crippen LogP contribution in [0.15, 0.2) is 0 Å². The average molecular weight is 199 g/mol. The average Bonchev–Trinajstić information content (AvgIpc) is 2.21. The Balaban J connectivity index is 1.69. The number of rotatable bonds is 2. The standard InChI is InChI=1S/C11H21NS/c1-2-11(9-12-5-1)8-10-3-6-13-7-4-10/h10-12H,1-9H2. The van der Waals surface area contributed by atoms with Crippen molar-refractivity contribution in [3.8, 4) is 0 Å². The highest BCUT2D eigenvalue weighted by Gasteiger charge is 2.20. The molecule has 0 radical (unpaired) electrons. The molecule has 13 heavy (non-hydrogen) atoms. The fourth-order valence-corrected chi connectivity index (χ4v) is 3.78. The topological polar surface area (TPSA) is 12.0 Å². The summed E-state index contributed by atoms with van der Waals surface area (Å²) in [6.07, 6.45) is 7.37. The molecule has 2 aliphatic heterocycles. The highest BCUT2D eigenvalue weighted by molar-refractivity contribution is 7.99. The van der Waals surface area contributed by atoms with Crippen molar-refractivity contribution >= 4 is 11.8 Å². The molecule has 1 N–H and O–H groups in total. The molecular weight excluding hydrogens is 178 g/mol. The zero-order valence-electron chi connectivity index (χ0n) is 8.43. The molecule has 2 aliphatic rings. The van der Waals surface area contributed by atoms with E-state index in [-0.39, 0.29) is 0 Å². The van der Waals surface area contributed by atoms with Crippen LogP contribution in [0.25, 0.3) is 0 Å². The van der Waals surface area contributed by atoms with Crippen molar-refractivity contribution in [3.63, 3.8) is 0 Å². The van der Waals surface area contributed by atoms with Crippen LogP contribution in [0.4, 0.5) is 0 Å². The molecule has 0 aromatic heterocycles. The highest BCUT2D eigenvalue weighted by Crippen LogP contribution is 2.29. The van der Waals surface area contributed by atoms with Gasteiger partial charge in [-0.25, -0.2) is 0 Å². The van der Waals surface area contributed by atoms with Crippen LogP contribution in [-0.4, -0.2) is 24.6 Å². The maximum absolute atomic E-state index is 3.52. The van der Waals surface area contributed by atoms with E-state index in [0.29, 0.717) is 0 Å². The molecule has 2 heterocycles. The Morgan fingerprint density at radius 1 is 1.08 bits per heavy atom. The van der Waals surface area contributed by atoms with E-state index in [1.54, 1.807) is 0 Å². The van der Waals surface area contributed by atoms with Crippen LogP contribution in [0.5, 0.6) is 0 Å². The van der Waals surface area contributed by atoms with Gasteiger partial charge in [0.2, 0.25) is 0 Å². The predicted molar refractivity (Wildman–Crippen MR) is 60.3 cm³/mol. The summed E-state index contributed by atoms with van der Waals surface area (Å²) in [6, 6.07) is 0. The summed E-state index contributed by atoms with van der Waals surface area (Å²) in [5.41, 5.74) is 0. The molecule has 0 aromatic carbocycles. The summed E-state index contributed by atoms with van der Waals surface area (Å²) >= 11 is 2.15. The lowest BCUT2D eigenvalue weighted by Gasteiger charge is -2.29. The number of thioether (sulfide) groups is 1. The molecule has 2 rings (SSSR count). The van der Waals surface area contributed by atoms with E-state index in [0.717, 1.165) is 11.8 Å². The van der Waals surface area contributed by atoms with Crippen LogP contribution in [0.1, 0.15) is 32.1 Å². The maximum atomic E-state index is 3.52. The second kappa shape index (κ2) is 5.26. The van der Waals surface area contributed by atoms with Crippen molar-refractivity contribution in [3.05, 3.63) is 0 Å². The summed E-state index contributed by atoms with van der Waals surface area (Å²) < 4.78 is 0. The van der Waals surface area contributed by atoms with Gasteiger partial charge in [-0.2, -0.15) is 11.8 Å². The number of hydrogen-bond acceptors (Lipinski definition) is 2. The minimum absolute atomic E-state index is 1.00. The molecule has 0 saturated carbocycles. The van der Waals surface area contributed by atoms with E-state index in [1.807, 2.05) is 0 Å². The third-order valence-corrected chi connectivity index (χ3v) is 4.46. The number of nitrogens with one attached hydrogen (secondary N) is 1. The molecule has 2 heteroatoms. The van der Waals surface area contributed by atoms with Gasteiger partial charge in [0.15, 0.2) is 0 Å². The normalized spacial score (nSPS) is 31.8. The minimum Gasteiger partial charge on any atom is -0.316 e. The van der Waals surface area contributed by atoms with Gasteiger partial charge in [0.1, 0.15) is 0 Å². The Morgan fingerprint density at radius 3 is 2.62 bits per heavy atom.